The standard InChI is InChI=1S/C17H24F3N3O.ClH/c1-13(21)7-9-22-15(24)16(17(18,19)20)8-10-23(12-16)11-14-5-3-2-4-6-14;/h2-6,13H,7-12,21H2,1H3,(H,22,24);1H. The number of alkyl halides is 3. The summed E-state index contributed by atoms with van der Waals surface area (Å²) in [5.74, 6) is -0.939. The van der Waals surface area contributed by atoms with Crippen molar-refractivity contribution in [3.8, 4) is 0 Å². The summed E-state index contributed by atoms with van der Waals surface area (Å²) >= 11 is 0. The minimum Gasteiger partial charge on any atom is -0.355 e. The number of likely N-dealkylation sites (tertiary alicyclic amines) is 1. The Morgan fingerprint density at radius 2 is 2.00 bits per heavy atom. The number of rotatable bonds is 6. The minimum atomic E-state index is -4.57. The molecule has 1 aliphatic heterocycles. The Hall–Kier alpha value is -1.31. The third-order valence-electron chi connectivity index (χ3n) is 4.46. The summed E-state index contributed by atoms with van der Waals surface area (Å²) in [6.45, 7) is 2.26. The van der Waals surface area contributed by atoms with Gasteiger partial charge in [0.05, 0.1) is 0 Å². The van der Waals surface area contributed by atoms with Gasteiger partial charge in [-0.3, -0.25) is 9.69 Å². The van der Waals surface area contributed by atoms with Gasteiger partial charge in [0.15, 0.2) is 5.41 Å². The lowest BCUT2D eigenvalue weighted by Gasteiger charge is -2.30. The van der Waals surface area contributed by atoms with Crippen LogP contribution in [0, 0.1) is 5.41 Å². The second kappa shape index (κ2) is 8.87. The maximum Gasteiger partial charge on any atom is 0.404 e. The van der Waals surface area contributed by atoms with Gasteiger partial charge in [-0.1, -0.05) is 30.3 Å². The van der Waals surface area contributed by atoms with Gasteiger partial charge >= 0.3 is 6.18 Å². The molecule has 1 fully saturated rings. The van der Waals surface area contributed by atoms with Crippen LogP contribution in [-0.2, 0) is 11.3 Å². The van der Waals surface area contributed by atoms with Crippen LogP contribution >= 0.6 is 12.4 Å². The average molecular weight is 380 g/mol. The largest absolute Gasteiger partial charge is 0.404 e. The SMILES string of the molecule is CC(N)CCNC(=O)C1(C(F)(F)F)CCN(Cc2ccccc2)C1.Cl. The Morgan fingerprint density at radius 1 is 1.36 bits per heavy atom. The van der Waals surface area contributed by atoms with Crippen LogP contribution < -0.4 is 11.1 Å². The molecule has 0 spiro atoms. The first-order valence-corrected chi connectivity index (χ1v) is 8.11. The normalized spacial score (nSPS) is 22.3. The molecule has 1 saturated heterocycles. The van der Waals surface area contributed by atoms with Gasteiger partial charge in [0.2, 0.25) is 5.91 Å². The van der Waals surface area contributed by atoms with Crippen LogP contribution in [0.3, 0.4) is 0 Å². The minimum absolute atomic E-state index is 0. The van der Waals surface area contributed by atoms with E-state index in [9.17, 15) is 18.0 Å². The van der Waals surface area contributed by atoms with E-state index in [1.54, 1.807) is 11.8 Å². The Balaban J connectivity index is 0.00000312. The number of hydrogen-bond acceptors (Lipinski definition) is 3. The maximum absolute atomic E-state index is 13.7. The van der Waals surface area contributed by atoms with E-state index in [4.69, 9.17) is 5.73 Å². The number of nitrogens with one attached hydrogen (secondary N) is 1. The van der Waals surface area contributed by atoms with E-state index in [1.807, 2.05) is 30.3 Å². The molecule has 0 bridgehead atoms. The summed E-state index contributed by atoms with van der Waals surface area (Å²) < 4.78 is 41.0. The average Bonchev–Trinajstić information content (AvgIpc) is 2.93. The third kappa shape index (κ3) is 5.33. The second-order valence-electron chi connectivity index (χ2n) is 6.55. The molecular weight excluding hydrogens is 355 g/mol. The highest BCUT2D eigenvalue weighted by atomic mass is 35.5. The quantitative estimate of drug-likeness (QED) is 0.799. The molecule has 8 heteroatoms. The molecule has 3 N–H and O–H groups in total. The van der Waals surface area contributed by atoms with E-state index >= 15 is 0 Å². The zero-order valence-corrected chi connectivity index (χ0v) is 15.0. The first-order chi connectivity index (χ1) is 11.2. The number of halogens is 4. The number of carbonyl (C=O) groups is 1. The molecule has 1 aromatic carbocycles. The van der Waals surface area contributed by atoms with Crippen molar-refractivity contribution < 1.29 is 18.0 Å². The fourth-order valence-electron chi connectivity index (χ4n) is 2.99. The summed E-state index contributed by atoms with van der Waals surface area (Å²) in [6.07, 6.45) is -4.34. The molecule has 1 aliphatic rings. The Bertz CT molecular complexity index is 554. The molecule has 142 valence electrons. The fourth-order valence-corrected chi connectivity index (χ4v) is 2.99. The molecule has 0 saturated carbocycles. The maximum atomic E-state index is 13.7. The highest BCUT2D eigenvalue weighted by Crippen LogP contribution is 2.46. The summed E-state index contributed by atoms with van der Waals surface area (Å²) in [7, 11) is 0. The van der Waals surface area contributed by atoms with E-state index in [0.29, 0.717) is 13.0 Å². The van der Waals surface area contributed by atoms with Gasteiger partial charge in [-0.05, 0) is 31.9 Å². The Morgan fingerprint density at radius 3 is 2.56 bits per heavy atom. The van der Waals surface area contributed by atoms with Gasteiger partial charge in [0, 0.05) is 25.7 Å². The first-order valence-electron chi connectivity index (χ1n) is 8.11. The van der Waals surface area contributed by atoms with E-state index in [-0.39, 0.29) is 44.5 Å². The number of amides is 1. The summed E-state index contributed by atoms with van der Waals surface area (Å²) in [5, 5.41) is 2.42. The van der Waals surface area contributed by atoms with Crippen molar-refractivity contribution in [2.45, 2.75) is 38.5 Å². The van der Waals surface area contributed by atoms with Crippen LogP contribution in [0.25, 0.3) is 0 Å². The zero-order chi connectivity index (χ0) is 17.8. The van der Waals surface area contributed by atoms with Gasteiger partial charge in [-0.2, -0.15) is 13.2 Å². The predicted molar refractivity (Wildman–Crippen MR) is 93.3 cm³/mol. The molecular formula is C17H25ClF3N3O. The van der Waals surface area contributed by atoms with Crippen LogP contribution in [0.5, 0.6) is 0 Å². The molecule has 1 aromatic rings. The monoisotopic (exact) mass is 379 g/mol. The third-order valence-corrected chi connectivity index (χ3v) is 4.46. The highest BCUT2D eigenvalue weighted by Gasteiger charge is 2.62. The topological polar surface area (TPSA) is 58.4 Å². The molecule has 1 amide bonds. The fraction of sp³-hybridized carbons (Fsp3) is 0.588. The molecule has 0 radical (unpaired) electrons. The van der Waals surface area contributed by atoms with Gasteiger partial charge in [0.25, 0.3) is 0 Å². The molecule has 25 heavy (non-hydrogen) atoms. The van der Waals surface area contributed by atoms with Gasteiger partial charge in [0.1, 0.15) is 0 Å². The van der Waals surface area contributed by atoms with Crippen LogP contribution in [0.2, 0.25) is 0 Å². The van der Waals surface area contributed by atoms with Gasteiger partial charge < -0.3 is 11.1 Å². The van der Waals surface area contributed by atoms with Crippen molar-refractivity contribution in [2.24, 2.45) is 11.1 Å². The Kier molecular flexibility index (Phi) is 7.71. The molecule has 0 aliphatic carbocycles. The lowest BCUT2D eigenvalue weighted by molar-refractivity contribution is -0.218. The van der Waals surface area contributed by atoms with Crippen molar-refractivity contribution in [3.05, 3.63) is 35.9 Å². The zero-order valence-electron chi connectivity index (χ0n) is 14.2. The van der Waals surface area contributed by atoms with E-state index in [1.165, 1.54) is 0 Å². The summed E-state index contributed by atoms with van der Waals surface area (Å²) in [5.41, 5.74) is 4.18. The molecule has 2 atom stereocenters. The Labute approximate surface area is 152 Å². The number of hydrogen-bond donors (Lipinski definition) is 2. The molecule has 2 unspecified atom stereocenters. The smallest absolute Gasteiger partial charge is 0.355 e. The predicted octanol–water partition coefficient (Wildman–Crippen LogP) is 2.72. The lowest BCUT2D eigenvalue weighted by atomic mass is 9.85. The number of carbonyl (C=O) groups excluding carboxylic acids is 1. The van der Waals surface area contributed by atoms with E-state index in [0.717, 1.165) is 5.56 Å². The molecule has 2 rings (SSSR count). The van der Waals surface area contributed by atoms with Crippen LogP contribution in [-0.4, -0.2) is 42.7 Å². The second-order valence-corrected chi connectivity index (χ2v) is 6.55. The molecule has 1 heterocycles. The van der Waals surface area contributed by atoms with Crippen LogP contribution in [0.4, 0.5) is 13.2 Å². The summed E-state index contributed by atoms with van der Waals surface area (Å²) in [6, 6.07) is 9.14. The van der Waals surface area contributed by atoms with Gasteiger partial charge in [-0.15, -0.1) is 12.4 Å². The van der Waals surface area contributed by atoms with Crippen molar-refractivity contribution in [2.75, 3.05) is 19.6 Å². The number of benzene rings is 1. The first kappa shape index (κ1) is 21.7. The lowest BCUT2D eigenvalue weighted by Crippen LogP contribution is -2.52. The molecule has 0 aromatic heterocycles. The molecule has 4 nitrogen and oxygen atoms in total. The van der Waals surface area contributed by atoms with Crippen molar-refractivity contribution >= 4 is 18.3 Å². The summed E-state index contributed by atoms with van der Waals surface area (Å²) in [4.78, 5) is 14.0. The highest BCUT2D eigenvalue weighted by molar-refractivity contribution is 5.85. The van der Waals surface area contributed by atoms with Crippen LogP contribution in [0.15, 0.2) is 30.3 Å². The number of nitrogens with two attached hydrogens (primary N) is 1. The van der Waals surface area contributed by atoms with Crippen LogP contribution in [0.1, 0.15) is 25.3 Å². The van der Waals surface area contributed by atoms with E-state index in [2.05, 4.69) is 5.32 Å². The van der Waals surface area contributed by atoms with Crippen molar-refractivity contribution in [1.29, 1.82) is 0 Å². The van der Waals surface area contributed by atoms with Crippen molar-refractivity contribution in [1.82, 2.24) is 10.2 Å². The van der Waals surface area contributed by atoms with E-state index < -0.39 is 17.5 Å². The van der Waals surface area contributed by atoms with Crippen molar-refractivity contribution in [3.63, 3.8) is 0 Å². The number of nitrogens with zero attached hydrogens (tertiary/aromatic N) is 1. The van der Waals surface area contributed by atoms with Gasteiger partial charge in [-0.25, -0.2) is 0 Å².